The molecule has 2 aromatic rings. The number of anilines is 2. The number of unbranched alkanes of at least 4 members (excludes halogenated alkanes) is 1. The Kier molecular flexibility index (Phi) is 5.83. The zero-order valence-corrected chi connectivity index (χ0v) is 13.1. The molecule has 0 fully saturated rings. The highest BCUT2D eigenvalue weighted by molar-refractivity contribution is 7.80. The predicted molar refractivity (Wildman–Crippen MR) is 91.3 cm³/mol. The van der Waals surface area contributed by atoms with Crippen molar-refractivity contribution in [2.24, 2.45) is 0 Å². The first-order valence-electron chi connectivity index (χ1n) is 7.20. The fraction of sp³-hybridized carbons (Fsp3) is 0.235. The first-order chi connectivity index (χ1) is 10.6. The SMILES string of the molecule is CCCCc1ccc(NC(=S)Nc2ccc(F)c(F)c2)cc1. The van der Waals surface area contributed by atoms with Crippen LogP contribution in [0.25, 0.3) is 0 Å². The summed E-state index contributed by atoms with van der Waals surface area (Å²) in [6.07, 6.45) is 3.40. The Hall–Kier alpha value is -2.01. The molecule has 2 aromatic carbocycles. The average molecular weight is 320 g/mol. The minimum Gasteiger partial charge on any atom is -0.332 e. The lowest BCUT2D eigenvalue weighted by molar-refractivity contribution is 0.509. The fourth-order valence-electron chi connectivity index (χ4n) is 2.00. The maximum Gasteiger partial charge on any atom is 0.175 e. The van der Waals surface area contributed by atoms with Crippen LogP contribution in [-0.4, -0.2) is 5.11 Å². The van der Waals surface area contributed by atoms with Crippen LogP contribution >= 0.6 is 12.2 Å². The Morgan fingerprint density at radius 1 is 0.955 bits per heavy atom. The summed E-state index contributed by atoms with van der Waals surface area (Å²) < 4.78 is 26.0. The molecule has 0 saturated carbocycles. The summed E-state index contributed by atoms with van der Waals surface area (Å²) >= 11 is 5.16. The molecule has 0 amide bonds. The monoisotopic (exact) mass is 320 g/mol. The number of hydrogen-bond donors (Lipinski definition) is 2. The molecule has 22 heavy (non-hydrogen) atoms. The molecule has 0 atom stereocenters. The second-order valence-corrected chi connectivity index (χ2v) is 5.42. The highest BCUT2D eigenvalue weighted by Gasteiger charge is 2.04. The van der Waals surface area contributed by atoms with Gasteiger partial charge in [-0.3, -0.25) is 0 Å². The van der Waals surface area contributed by atoms with E-state index in [4.69, 9.17) is 12.2 Å². The minimum atomic E-state index is -0.909. The maximum absolute atomic E-state index is 13.1. The van der Waals surface area contributed by atoms with E-state index in [0.29, 0.717) is 10.8 Å². The van der Waals surface area contributed by atoms with Crippen LogP contribution in [0.1, 0.15) is 25.3 Å². The molecule has 0 aromatic heterocycles. The summed E-state index contributed by atoms with van der Waals surface area (Å²) in [4.78, 5) is 0. The molecule has 0 aliphatic heterocycles. The topological polar surface area (TPSA) is 24.1 Å². The molecule has 0 heterocycles. The van der Waals surface area contributed by atoms with E-state index in [1.165, 1.54) is 24.5 Å². The van der Waals surface area contributed by atoms with E-state index in [1.807, 2.05) is 12.1 Å². The van der Waals surface area contributed by atoms with Crippen molar-refractivity contribution < 1.29 is 8.78 Å². The maximum atomic E-state index is 13.1. The van der Waals surface area contributed by atoms with E-state index in [0.717, 1.165) is 24.2 Å². The standard InChI is InChI=1S/C17H18F2N2S/c1-2-3-4-12-5-7-13(8-6-12)20-17(22)21-14-9-10-15(18)16(19)11-14/h5-11H,2-4H2,1H3,(H2,20,21,22). The van der Waals surface area contributed by atoms with Crippen molar-refractivity contribution in [2.75, 3.05) is 10.6 Å². The summed E-state index contributed by atoms with van der Waals surface area (Å²) in [5, 5.41) is 6.16. The van der Waals surface area contributed by atoms with Crippen molar-refractivity contribution in [1.82, 2.24) is 0 Å². The first-order valence-corrected chi connectivity index (χ1v) is 7.61. The van der Waals surface area contributed by atoms with Gasteiger partial charge in [0.15, 0.2) is 16.7 Å². The van der Waals surface area contributed by atoms with Crippen LogP contribution in [0, 0.1) is 11.6 Å². The van der Waals surface area contributed by atoms with Crippen LogP contribution in [0.3, 0.4) is 0 Å². The van der Waals surface area contributed by atoms with Crippen LogP contribution in [0.15, 0.2) is 42.5 Å². The summed E-state index contributed by atoms with van der Waals surface area (Å²) in [6.45, 7) is 2.16. The molecule has 0 aliphatic rings. The number of benzene rings is 2. The molecule has 2 nitrogen and oxygen atoms in total. The van der Waals surface area contributed by atoms with Crippen molar-refractivity contribution in [3.05, 3.63) is 59.7 Å². The van der Waals surface area contributed by atoms with Gasteiger partial charge in [0.2, 0.25) is 0 Å². The molecule has 0 aliphatic carbocycles. The van der Waals surface area contributed by atoms with Crippen LogP contribution in [0.4, 0.5) is 20.2 Å². The van der Waals surface area contributed by atoms with Crippen molar-refractivity contribution in [3.8, 4) is 0 Å². The molecular formula is C17H18F2N2S. The van der Waals surface area contributed by atoms with Crippen LogP contribution in [0.2, 0.25) is 0 Å². The third kappa shape index (κ3) is 4.77. The van der Waals surface area contributed by atoms with E-state index < -0.39 is 11.6 Å². The Morgan fingerprint density at radius 2 is 1.59 bits per heavy atom. The zero-order chi connectivity index (χ0) is 15.9. The Labute approximate surface area is 134 Å². The molecule has 0 spiro atoms. The zero-order valence-electron chi connectivity index (χ0n) is 12.3. The van der Waals surface area contributed by atoms with Gasteiger partial charge in [-0.25, -0.2) is 8.78 Å². The van der Waals surface area contributed by atoms with E-state index in [2.05, 4.69) is 29.7 Å². The Bertz CT molecular complexity index is 642. The smallest absolute Gasteiger partial charge is 0.175 e. The van der Waals surface area contributed by atoms with Crippen molar-refractivity contribution in [3.63, 3.8) is 0 Å². The van der Waals surface area contributed by atoms with Crippen molar-refractivity contribution in [1.29, 1.82) is 0 Å². The van der Waals surface area contributed by atoms with Gasteiger partial charge in [-0.2, -0.15) is 0 Å². The molecule has 0 bridgehead atoms. The summed E-state index contributed by atoms with van der Waals surface area (Å²) in [5.41, 5.74) is 2.53. The molecule has 2 N–H and O–H groups in total. The van der Waals surface area contributed by atoms with Gasteiger partial charge in [0.1, 0.15) is 0 Å². The minimum absolute atomic E-state index is 0.326. The number of hydrogen-bond acceptors (Lipinski definition) is 1. The van der Waals surface area contributed by atoms with Gasteiger partial charge in [0, 0.05) is 17.4 Å². The van der Waals surface area contributed by atoms with Crippen LogP contribution in [-0.2, 0) is 6.42 Å². The molecule has 0 radical (unpaired) electrons. The van der Waals surface area contributed by atoms with Crippen LogP contribution in [0.5, 0.6) is 0 Å². The summed E-state index contributed by atoms with van der Waals surface area (Å²) in [7, 11) is 0. The van der Waals surface area contributed by atoms with Gasteiger partial charge in [0.25, 0.3) is 0 Å². The Balaban J connectivity index is 1.92. The van der Waals surface area contributed by atoms with Gasteiger partial charge in [0.05, 0.1) is 0 Å². The number of aryl methyl sites for hydroxylation is 1. The lowest BCUT2D eigenvalue weighted by atomic mass is 10.1. The number of halogens is 2. The second-order valence-electron chi connectivity index (χ2n) is 5.01. The van der Waals surface area contributed by atoms with E-state index in [1.54, 1.807) is 0 Å². The fourth-order valence-corrected chi connectivity index (χ4v) is 2.24. The molecule has 5 heteroatoms. The third-order valence-electron chi connectivity index (χ3n) is 3.21. The highest BCUT2D eigenvalue weighted by Crippen LogP contribution is 2.15. The van der Waals surface area contributed by atoms with Crippen molar-refractivity contribution in [2.45, 2.75) is 26.2 Å². The second kappa shape index (κ2) is 7.84. The predicted octanol–water partition coefficient (Wildman–Crippen LogP) is 5.12. The van der Waals surface area contributed by atoms with Gasteiger partial charge in [-0.15, -0.1) is 0 Å². The van der Waals surface area contributed by atoms with E-state index in [-0.39, 0.29) is 0 Å². The molecule has 0 unspecified atom stereocenters. The van der Waals surface area contributed by atoms with E-state index >= 15 is 0 Å². The van der Waals surface area contributed by atoms with Gasteiger partial charge in [-0.1, -0.05) is 25.5 Å². The molecule has 2 rings (SSSR count). The molecular weight excluding hydrogens is 302 g/mol. The van der Waals surface area contributed by atoms with Crippen molar-refractivity contribution >= 4 is 28.7 Å². The van der Waals surface area contributed by atoms with E-state index in [9.17, 15) is 8.78 Å². The number of thiocarbonyl (C=S) groups is 1. The highest BCUT2D eigenvalue weighted by atomic mass is 32.1. The third-order valence-corrected chi connectivity index (χ3v) is 3.41. The number of nitrogens with one attached hydrogen (secondary N) is 2. The lowest BCUT2D eigenvalue weighted by Crippen LogP contribution is -2.19. The average Bonchev–Trinajstić information content (AvgIpc) is 2.50. The van der Waals surface area contributed by atoms with Crippen LogP contribution < -0.4 is 10.6 Å². The first kappa shape index (κ1) is 16.4. The summed E-state index contributed by atoms with van der Waals surface area (Å²) in [6, 6.07) is 11.6. The molecule has 0 saturated heterocycles. The van der Waals surface area contributed by atoms with Gasteiger partial charge < -0.3 is 10.6 Å². The normalized spacial score (nSPS) is 10.3. The number of rotatable bonds is 5. The van der Waals surface area contributed by atoms with Gasteiger partial charge >= 0.3 is 0 Å². The summed E-state index contributed by atoms with van der Waals surface area (Å²) in [5.74, 6) is -1.79. The lowest BCUT2D eigenvalue weighted by Gasteiger charge is -2.11. The Morgan fingerprint density at radius 3 is 2.23 bits per heavy atom. The largest absolute Gasteiger partial charge is 0.332 e. The molecule has 116 valence electrons. The van der Waals surface area contributed by atoms with Gasteiger partial charge in [-0.05, 0) is 54.9 Å². The quantitative estimate of drug-likeness (QED) is 0.748.